The Morgan fingerprint density at radius 3 is 2.59 bits per heavy atom. The Balaban J connectivity index is 2.28. The maximum atomic E-state index is 13.3. The standard InChI is InChI=1S/C13H12ClFN2/c1-8-6-9(16)2-5-13(8)17-10-3-4-11(14)12(15)7-10/h2-7,17H,16H2,1H3. The van der Waals surface area contributed by atoms with Gasteiger partial charge in [0.2, 0.25) is 0 Å². The summed E-state index contributed by atoms with van der Waals surface area (Å²) in [5, 5.41) is 3.23. The van der Waals surface area contributed by atoms with Crippen LogP contribution < -0.4 is 11.1 Å². The van der Waals surface area contributed by atoms with Gasteiger partial charge >= 0.3 is 0 Å². The Morgan fingerprint density at radius 1 is 1.18 bits per heavy atom. The van der Waals surface area contributed by atoms with Gasteiger partial charge in [-0.2, -0.15) is 0 Å². The van der Waals surface area contributed by atoms with E-state index in [1.807, 2.05) is 19.1 Å². The number of benzene rings is 2. The van der Waals surface area contributed by atoms with Crippen LogP contribution in [0.2, 0.25) is 5.02 Å². The molecule has 0 spiro atoms. The average Bonchev–Trinajstić information content (AvgIpc) is 2.27. The molecule has 0 atom stereocenters. The Morgan fingerprint density at radius 2 is 1.94 bits per heavy atom. The fourth-order valence-electron chi connectivity index (χ4n) is 1.56. The quantitative estimate of drug-likeness (QED) is 0.787. The predicted molar refractivity (Wildman–Crippen MR) is 70.3 cm³/mol. The summed E-state index contributed by atoms with van der Waals surface area (Å²) in [6.45, 7) is 1.94. The SMILES string of the molecule is Cc1cc(N)ccc1Nc1ccc(Cl)c(F)c1. The molecule has 0 amide bonds. The van der Waals surface area contributed by atoms with Gasteiger partial charge in [-0.25, -0.2) is 4.39 Å². The summed E-state index contributed by atoms with van der Waals surface area (Å²) in [5.74, 6) is -0.440. The fourth-order valence-corrected chi connectivity index (χ4v) is 1.67. The molecule has 0 aliphatic carbocycles. The van der Waals surface area contributed by atoms with E-state index < -0.39 is 5.82 Å². The summed E-state index contributed by atoms with van der Waals surface area (Å²) >= 11 is 5.62. The van der Waals surface area contributed by atoms with Crippen LogP contribution in [0.4, 0.5) is 21.5 Å². The molecule has 2 rings (SSSR count). The molecule has 0 heterocycles. The minimum atomic E-state index is -0.440. The molecule has 0 fully saturated rings. The maximum Gasteiger partial charge on any atom is 0.143 e. The number of nitrogen functional groups attached to an aromatic ring is 1. The van der Waals surface area contributed by atoms with Crippen molar-refractivity contribution in [1.82, 2.24) is 0 Å². The highest BCUT2D eigenvalue weighted by Crippen LogP contribution is 2.25. The lowest BCUT2D eigenvalue weighted by atomic mass is 10.1. The van der Waals surface area contributed by atoms with Gasteiger partial charge in [-0.1, -0.05) is 11.6 Å². The van der Waals surface area contributed by atoms with E-state index in [4.69, 9.17) is 17.3 Å². The van der Waals surface area contributed by atoms with Crippen LogP contribution in [0.25, 0.3) is 0 Å². The predicted octanol–water partition coefficient (Wildman–Crippen LogP) is 4.11. The number of hydrogen-bond donors (Lipinski definition) is 2. The lowest BCUT2D eigenvalue weighted by Gasteiger charge is -2.10. The van der Waals surface area contributed by atoms with Crippen LogP contribution in [0.1, 0.15) is 5.56 Å². The smallest absolute Gasteiger partial charge is 0.143 e. The molecule has 0 aliphatic rings. The summed E-state index contributed by atoms with van der Waals surface area (Å²) < 4.78 is 13.3. The van der Waals surface area contributed by atoms with Gasteiger partial charge in [0.25, 0.3) is 0 Å². The van der Waals surface area contributed by atoms with Crippen molar-refractivity contribution in [2.24, 2.45) is 0 Å². The summed E-state index contributed by atoms with van der Waals surface area (Å²) in [6, 6.07) is 10.1. The topological polar surface area (TPSA) is 38.0 Å². The van der Waals surface area contributed by atoms with Crippen molar-refractivity contribution < 1.29 is 4.39 Å². The number of nitrogens with one attached hydrogen (secondary N) is 1. The van der Waals surface area contributed by atoms with E-state index in [0.717, 1.165) is 11.3 Å². The molecule has 0 saturated heterocycles. The van der Waals surface area contributed by atoms with Crippen molar-refractivity contribution in [3.8, 4) is 0 Å². The van der Waals surface area contributed by atoms with Crippen molar-refractivity contribution in [3.63, 3.8) is 0 Å². The van der Waals surface area contributed by atoms with Crippen molar-refractivity contribution in [1.29, 1.82) is 0 Å². The maximum absolute atomic E-state index is 13.3. The molecule has 88 valence electrons. The number of hydrogen-bond acceptors (Lipinski definition) is 2. The zero-order valence-corrected chi connectivity index (χ0v) is 10.1. The lowest BCUT2D eigenvalue weighted by molar-refractivity contribution is 0.629. The van der Waals surface area contributed by atoms with Crippen LogP contribution in [0.5, 0.6) is 0 Å². The van der Waals surface area contributed by atoms with Crippen molar-refractivity contribution >= 4 is 28.7 Å². The molecule has 0 unspecified atom stereocenters. The monoisotopic (exact) mass is 250 g/mol. The second kappa shape index (κ2) is 4.63. The zero-order chi connectivity index (χ0) is 12.4. The minimum absolute atomic E-state index is 0.115. The largest absolute Gasteiger partial charge is 0.399 e. The molecule has 2 aromatic carbocycles. The summed E-state index contributed by atoms with van der Waals surface area (Å²) in [6.07, 6.45) is 0. The lowest BCUT2D eigenvalue weighted by Crippen LogP contribution is -1.95. The van der Waals surface area contributed by atoms with Crippen molar-refractivity contribution in [2.45, 2.75) is 6.92 Å². The Bertz CT molecular complexity index is 555. The van der Waals surface area contributed by atoms with Gasteiger partial charge in [0.15, 0.2) is 0 Å². The summed E-state index contributed by atoms with van der Waals surface area (Å²) in [5.41, 5.74) is 8.91. The minimum Gasteiger partial charge on any atom is -0.399 e. The van der Waals surface area contributed by atoms with Gasteiger partial charge in [0.05, 0.1) is 5.02 Å². The van der Waals surface area contributed by atoms with E-state index in [9.17, 15) is 4.39 Å². The van der Waals surface area contributed by atoms with Crippen molar-refractivity contribution in [3.05, 3.63) is 52.8 Å². The number of anilines is 3. The molecule has 2 aromatic rings. The first-order valence-electron chi connectivity index (χ1n) is 5.14. The summed E-state index contributed by atoms with van der Waals surface area (Å²) in [7, 11) is 0. The third-order valence-corrected chi connectivity index (χ3v) is 2.76. The van der Waals surface area contributed by atoms with Gasteiger partial charge in [-0.15, -0.1) is 0 Å². The number of halogens is 2. The van der Waals surface area contributed by atoms with E-state index in [-0.39, 0.29) is 5.02 Å². The van der Waals surface area contributed by atoms with Crippen LogP contribution in [0, 0.1) is 12.7 Å². The van der Waals surface area contributed by atoms with Gasteiger partial charge in [-0.05, 0) is 48.9 Å². The third-order valence-electron chi connectivity index (χ3n) is 2.45. The molecule has 3 N–H and O–H groups in total. The third kappa shape index (κ3) is 2.68. The first kappa shape index (κ1) is 11.7. The number of aryl methyl sites for hydroxylation is 1. The highest BCUT2D eigenvalue weighted by Gasteiger charge is 2.03. The number of rotatable bonds is 2. The van der Waals surface area contributed by atoms with E-state index >= 15 is 0 Å². The number of nitrogens with two attached hydrogens (primary N) is 1. The normalized spacial score (nSPS) is 10.3. The van der Waals surface area contributed by atoms with Crippen LogP contribution in [0.3, 0.4) is 0 Å². The van der Waals surface area contributed by atoms with E-state index in [1.54, 1.807) is 12.1 Å². The molecular weight excluding hydrogens is 239 g/mol. The van der Waals surface area contributed by atoms with Crippen molar-refractivity contribution in [2.75, 3.05) is 11.1 Å². The second-order valence-corrected chi connectivity index (χ2v) is 4.24. The molecule has 2 nitrogen and oxygen atoms in total. The van der Waals surface area contributed by atoms with E-state index in [2.05, 4.69) is 5.32 Å². The molecule has 0 aliphatic heterocycles. The molecular formula is C13H12ClFN2. The van der Waals surface area contributed by atoms with Gasteiger partial charge in [-0.3, -0.25) is 0 Å². The van der Waals surface area contributed by atoms with Gasteiger partial charge < -0.3 is 11.1 Å². The van der Waals surface area contributed by atoms with Crippen LogP contribution in [-0.4, -0.2) is 0 Å². The first-order chi connectivity index (χ1) is 8.06. The molecule has 4 heteroatoms. The first-order valence-corrected chi connectivity index (χ1v) is 5.52. The Hall–Kier alpha value is -1.74. The van der Waals surface area contributed by atoms with E-state index in [1.165, 1.54) is 12.1 Å². The Kier molecular flexibility index (Phi) is 3.20. The molecule has 0 aromatic heterocycles. The fraction of sp³-hybridized carbons (Fsp3) is 0.0769. The molecule has 0 bridgehead atoms. The van der Waals surface area contributed by atoms with Crippen LogP contribution >= 0.6 is 11.6 Å². The molecule has 0 radical (unpaired) electrons. The second-order valence-electron chi connectivity index (χ2n) is 3.83. The van der Waals surface area contributed by atoms with Crippen LogP contribution in [0.15, 0.2) is 36.4 Å². The summed E-state index contributed by atoms with van der Waals surface area (Å²) in [4.78, 5) is 0. The van der Waals surface area contributed by atoms with Gasteiger partial charge in [0.1, 0.15) is 5.82 Å². The highest BCUT2D eigenvalue weighted by atomic mass is 35.5. The molecule has 17 heavy (non-hydrogen) atoms. The van der Waals surface area contributed by atoms with E-state index in [0.29, 0.717) is 11.4 Å². The Labute approximate surface area is 104 Å². The highest BCUT2D eigenvalue weighted by molar-refractivity contribution is 6.30. The zero-order valence-electron chi connectivity index (χ0n) is 9.30. The molecule has 0 saturated carbocycles. The van der Waals surface area contributed by atoms with Gasteiger partial charge in [0, 0.05) is 17.1 Å². The average molecular weight is 251 g/mol. The van der Waals surface area contributed by atoms with Crippen LogP contribution in [-0.2, 0) is 0 Å².